The van der Waals surface area contributed by atoms with Gasteiger partial charge in [-0.05, 0) is 45.2 Å². The van der Waals surface area contributed by atoms with Crippen molar-refractivity contribution < 1.29 is 9.50 Å². The van der Waals surface area contributed by atoms with E-state index in [4.69, 9.17) is 0 Å². The van der Waals surface area contributed by atoms with Gasteiger partial charge in [0.2, 0.25) is 0 Å². The maximum Gasteiger partial charge on any atom is 0.127 e. The topological polar surface area (TPSA) is 23.5 Å². The molecular formula is C15H22FNO. The molecule has 100 valence electrons. The molecule has 1 aliphatic heterocycles. The van der Waals surface area contributed by atoms with Gasteiger partial charge in [0.25, 0.3) is 0 Å². The molecule has 0 spiro atoms. The summed E-state index contributed by atoms with van der Waals surface area (Å²) in [6.45, 7) is 6.34. The van der Waals surface area contributed by atoms with E-state index in [0.717, 1.165) is 37.1 Å². The number of benzene rings is 1. The molecule has 3 heteroatoms. The van der Waals surface area contributed by atoms with Crippen molar-refractivity contribution in [1.82, 2.24) is 4.90 Å². The normalized spacial score (nSPS) is 23.0. The SMILES string of the molecule is Cc1ccc(F)c(CN2CCC[C@@H]([C@H](C)O)C2)c1. The van der Waals surface area contributed by atoms with Crippen LogP contribution >= 0.6 is 0 Å². The van der Waals surface area contributed by atoms with Crippen LogP contribution in [0, 0.1) is 18.7 Å². The Balaban J connectivity index is 2.02. The number of rotatable bonds is 3. The summed E-state index contributed by atoms with van der Waals surface area (Å²) in [6, 6.07) is 5.26. The van der Waals surface area contributed by atoms with Gasteiger partial charge in [0.05, 0.1) is 6.10 Å². The molecule has 0 unspecified atom stereocenters. The van der Waals surface area contributed by atoms with Gasteiger partial charge in [-0.3, -0.25) is 4.90 Å². The molecule has 0 radical (unpaired) electrons. The Hall–Kier alpha value is -0.930. The van der Waals surface area contributed by atoms with Crippen molar-refractivity contribution in [1.29, 1.82) is 0 Å². The lowest BCUT2D eigenvalue weighted by Gasteiger charge is -2.34. The van der Waals surface area contributed by atoms with Crippen LogP contribution in [0.15, 0.2) is 18.2 Å². The third kappa shape index (κ3) is 3.30. The van der Waals surface area contributed by atoms with Crippen LogP contribution in [0.25, 0.3) is 0 Å². The van der Waals surface area contributed by atoms with Gasteiger partial charge < -0.3 is 5.11 Å². The van der Waals surface area contributed by atoms with Gasteiger partial charge in [0.15, 0.2) is 0 Å². The molecule has 1 saturated heterocycles. The first-order chi connectivity index (χ1) is 8.56. The quantitative estimate of drug-likeness (QED) is 0.893. The maximum atomic E-state index is 13.7. The van der Waals surface area contributed by atoms with Gasteiger partial charge >= 0.3 is 0 Å². The second kappa shape index (κ2) is 5.81. The molecule has 1 fully saturated rings. The highest BCUT2D eigenvalue weighted by Crippen LogP contribution is 2.22. The molecule has 0 aliphatic carbocycles. The zero-order valence-electron chi connectivity index (χ0n) is 11.2. The molecule has 2 rings (SSSR count). The molecule has 0 saturated carbocycles. The summed E-state index contributed by atoms with van der Waals surface area (Å²) in [6.07, 6.45) is 1.89. The predicted molar refractivity (Wildman–Crippen MR) is 70.8 cm³/mol. The number of nitrogens with zero attached hydrogens (tertiary/aromatic N) is 1. The zero-order valence-corrected chi connectivity index (χ0v) is 11.2. The first-order valence-corrected chi connectivity index (χ1v) is 6.71. The highest BCUT2D eigenvalue weighted by molar-refractivity contribution is 5.24. The number of piperidine rings is 1. The Labute approximate surface area is 108 Å². The van der Waals surface area contributed by atoms with Crippen molar-refractivity contribution in [3.8, 4) is 0 Å². The van der Waals surface area contributed by atoms with Gasteiger partial charge in [-0.2, -0.15) is 0 Å². The van der Waals surface area contributed by atoms with E-state index in [-0.39, 0.29) is 11.9 Å². The number of likely N-dealkylation sites (tertiary alicyclic amines) is 1. The largest absolute Gasteiger partial charge is 0.393 e. The van der Waals surface area contributed by atoms with Gasteiger partial charge in [-0.15, -0.1) is 0 Å². The van der Waals surface area contributed by atoms with Gasteiger partial charge in [0.1, 0.15) is 5.82 Å². The van der Waals surface area contributed by atoms with E-state index in [2.05, 4.69) is 4.90 Å². The highest BCUT2D eigenvalue weighted by Gasteiger charge is 2.23. The van der Waals surface area contributed by atoms with Crippen molar-refractivity contribution in [2.45, 2.75) is 39.3 Å². The van der Waals surface area contributed by atoms with Crippen molar-refractivity contribution in [2.24, 2.45) is 5.92 Å². The van der Waals surface area contributed by atoms with E-state index in [1.54, 1.807) is 12.1 Å². The first-order valence-electron chi connectivity index (χ1n) is 6.71. The third-order valence-electron chi connectivity index (χ3n) is 3.82. The minimum Gasteiger partial charge on any atom is -0.393 e. The molecule has 1 heterocycles. The number of aliphatic hydroxyl groups excluding tert-OH is 1. The number of aryl methyl sites for hydroxylation is 1. The number of hydrogen-bond donors (Lipinski definition) is 1. The summed E-state index contributed by atoms with van der Waals surface area (Å²) in [4.78, 5) is 2.25. The Morgan fingerprint density at radius 3 is 3.00 bits per heavy atom. The monoisotopic (exact) mass is 251 g/mol. The fourth-order valence-corrected chi connectivity index (χ4v) is 2.69. The Morgan fingerprint density at radius 1 is 1.50 bits per heavy atom. The molecule has 1 N–H and O–H groups in total. The molecule has 18 heavy (non-hydrogen) atoms. The third-order valence-corrected chi connectivity index (χ3v) is 3.82. The van der Waals surface area contributed by atoms with Gasteiger partial charge in [0, 0.05) is 18.7 Å². The van der Waals surface area contributed by atoms with Crippen LogP contribution in [0.5, 0.6) is 0 Å². The average Bonchev–Trinajstić information content (AvgIpc) is 2.34. The second-order valence-corrected chi connectivity index (χ2v) is 5.47. The summed E-state index contributed by atoms with van der Waals surface area (Å²) in [5.74, 6) is 0.200. The second-order valence-electron chi connectivity index (χ2n) is 5.47. The minimum atomic E-state index is -0.268. The Morgan fingerprint density at radius 2 is 2.28 bits per heavy atom. The summed E-state index contributed by atoms with van der Waals surface area (Å²) >= 11 is 0. The smallest absolute Gasteiger partial charge is 0.127 e. The molecule has 1 aliphatic rings. The van der Waals surface area contributed by atoms with Crippen LogP contribution in [0.3, 0.4) is 0 Å². The molecule has 0 aromatic heterocycles. The van der Waals surface area contributed by atoms with Crippen molar-refractivity contribution in [3.63, 3.8) is 0 Å². The van der Waals surface area contributed by atoms with E-state index in [1.165, 1.54) is 0 Å². The van der Waals surface area contributed by atoms with E-state index in [9.17, 15) is 9.50 Å². The maximum absolute atomic E-state index is 13.7. The van der Waals surface area contributed by atoms with Crippen LogP contribution in [-0.2, 0) is 6.54 Å². The first kappa shape index (κ1) is 13.5. The van der Waals surface area contributed by atoms with Crippen LogP contribution < -0.4 is 0 Å². The Kier molecular flexibility index (Phi) is 4.36. The van der Waals surface area contributed by atoms with Crippen LogP contribution in [0.4, 0.5) is 4.39 Å². The summed E-state index contributed by atoms with van der Waals surface area (Å²) < 4.78 is 13.7. The van der Waals surface area contributed by atoms with Crippen LogP contribution in [-0.4, -0.2) is 29.2 Å². The van der Waals surface area contributed by atoms with Crippen molar-refractivity contribution >= 4 is 0 Å². The standard InChI is InChI=1S/C15H22FNO/c1-11-5-6-15(16)14(8-11)10-17-7-3-4-13(9-17)12(2)18/h5-6,8,12-13,18H,3-4,7,9-10H2,1-2H3/t12-,13+/m0/s1. The van der Waals surface area contributed by atoms with E-state index in [0.29, 0.717) is 12.5 Å². The predicted octanol–water partition coefficient (Wildman–Crippen LogP) is 2.73. The lowest BCUT2D eigenvalue weighted by atomic mass is 9.93. The molecule has 0 bridgehead atoms. The number of halogens is 1. The molecular weight excluding hydrogens is 229 g/mol. The molecule has 1 aromatic carbocycles. The van der Waals surface area contributed by atoms with Gasteiger partial charge in [-0.25, -0.2) is 4.39 Å². The molecule has 2 atom stereocenters. The molecule has 2 nitrogen and oxygen atoms in total. The Bertz CT molecular complexity index is 405. The van der Waals surface area contributed by atoms with E-state index >= 15 is 0 Å². The number of aliphatic hydroxyl groups is 1. The highest BCUT2D eigenvalue weighted by atomic mass is 19.1. The van der Waals surface area contributed by atoms with Crippen molar-refractivity contribution in [3.05, 3.63) is 35.1 Å². The van der Waals surface area contributed by atoms with E-state index in [1.807, 2.05) is 19.9 Å². The average molecular weight is 251 g/mol. The fraction of sp³-hybridized carbons (Fsp3) is 0.600. The van der Waals surface area contributed by atoms with Gasteiger partial charge in [-0.1, -0.05) is 17.7 Å². The summed E-state index contributed by atoms with van der Waals surface area (Å²) in [7, 11) is 0. The van der Waals surface area contributed by atoms with Crippen molar-refractivity contribution in [2.75, 3.05) is 13.1 Å². The lowest BCUT2D eigenvalue weighted by molar-refractivity contribution is 0.0595. The summed E-state index contributed by atoms with van der Waals surface area (Å²) in [5.41, 5.74) is 1.86. The van der Waals surface area contributed by atoms with Crippen LogP contribution in [0.1, 0.15) is 30.9 Å². The van der Waals surface area contributed by atoms with Crippen LogP contribution in [0.2, 0.25) is 0 Å². The fourth-order valence-electron chi connectivity index (χ4n) is 2.69. The summed E-state index contributed by atoms with van der Waals surface area (Å²) in [5, 5.41) is 9.66. The molecule has 1 aromatic rings. The van der Waals surface area contributed by atoms with E-state index < -0.39 is 0 Å². The zero-order chi connectivity index (χ0) is 13.1. The minimum absolute atomic E-state index is 0.125. The lowest BCUT2D eigenvalue weighted by Crippen LogP contribution is -2.39. The number of hydrogen-bond acceptors (Lipinski definition) is 2. The molecule has 0 amide bonds.